The van der Waals surface area contributed by atoms with E-state index in [2.05, 4.69) is 15.9 Å². The molecule has 0 saturated carbocycles. The highest BCUT2D eigenvalue weighted by molar-refractivity contribution is 9.09. The Kier molecular flexibility index (Phi) is 3.38. The molecular weight excluding hydrogens is 275 g/mol. The van der Waals surface area contributed by atoms with E-state index in [9.17, 15) is 17.1 Å². The van der Waals surface area contributed by atoms with Crippen LogP contribution in [0.4, 0.5) is 3.89 Å². The molecule has 76 valence electrons. The van der Waals surface area contributed by atoms with Crippen LogP contribution in [0.15, 0.2) is 29.2 Å². The van der Waals surface area contributed by atoms with Crippen LogP contribution in [0.5, 0.6) is 0 Å². The molecule has 14 heavy (non-hydrogen) atoms. The first kappa shape index (κ1) is 11.3. The predicted octanol–water partition coefficient (Wildman–Crippen LogP) is 1.92. The van der Waals surface area contributed by atoms with Crippen LogP contribution in [0, 0.1) is 0 Å². The lowest BCUT2D eigenvalue weighted by Gasteiger charge is -2.01. The van der Waals surface area contributed by atoms with Gasteiger partial charge in [-0.15, -0.1) is 3.89 Å². The van der Waals surface area contributed by atoms with Gasteiger partial charge < -0.3 is 0 Å². The molecule has 0 radical (unpaired) electrons. The number of rotatable bonds is 3. The lowest BCUT2D eigenvalue weighted by atomic mass is 10.1. The zero-order chi connectivity index (χ0) is 10.8. The van der Waals surface area contributed by atoms with Gasteiger partial charge >= 0.3 is 10.2 Å². The maximum Gasteiger partial charge on any atom is 0.332 e. The topological polar surface area (TPSA) is 51.2 Å². The van der Waals surface area contributed by atoms with Gasteiger partial charge in [-0.3, -0.25) is 4.79 Å². The zero-order valence-corrected chi connectivity index (χ0v) is 9.31. The Hall–Kier alpha value is -0.750. The van der Waals surface area contributed by atoms with E-state index in [0.717, 1.165) is 6.07 Å². The van der Waals surface area contributed by atoms with Crippen LogP contribution in [-0.4, -0.2) is 19.5 Å². The molecule has 0 amide bonds. The van der Waals surface area contributed by atoms with E-state index in [4.69, 9.17) is 0 Å². The third-order valence-corrected chi connectivity index (χ3v) is 2.96. The molecule has 1 rings (SSSR count). The van der Waals surface area contributed by atoms with E-state index in [1.54, 1.807) is 0 Å². The van der Waals surface area contributed by atoms with Gasteiger partial charge in [-0.05, 0) is 12.1 Å². The second-order valence-corrected chi connectivity index (χ2v) is 4.37. The summed E-state index contributed by atoms with van der Waals surface area (Å²) in [6.07, 6.45) is 0. The van der Waals surface area contributed by atoms with E-state index in [1.165, 1.54) is 18.2 Å². The summed E-state index contributed by atoms with van der Waals surface area (Å²) in [5, 5.41) is -0.0421. The van der Waals surface area contributed by atoms with Crippen molar-refractivity contribution in [3.63, 3.8) is 0 Å². The van der Waals surface area contributed by atoms with Gasteiger partial charge in [0.1, 0.15) is 4.90 Å². The summed E-state index contributed by atoms with van der Waals surface area (Å²) in [6.45, 7) is 0. The molecule has 0 fully saturated rings. The Bertz CT molecular complexity index is 455. The fourth-order valence-electron chi connectivity index (χ4n) is 0.982. The van der Waals surface area contributed by atoms with Crippen molar-refractivity contribution in [3.8, 4) is 0 Å². The summed E-state index contributed by atoms with van der Waals surface area (Å²) >= 11 is 2.89. The molecule has 0 spiro atoms. The number of Topliss-reactive ketones (excluding diaryl/α,β-unsaturated/α-hetero) is 1. The third kappa shape index (κ3) is 2.39. The number of hydrogen-bond donors (Lipinski definition) is 0. The van der Waals surface area contributed by atoms with Gasteiger partial charge in [-0.2, -0.15) is 8.42 Å². The lowest BCUT2D eigenvalue weighted by Crippen LogP contribution is -2.06. The average molecular weight is 281 g/mol. The molecule has 0 unspecified atom stereocenters. The summed E-state index contributed by atoms with van der Waals surface area (Å²) in [7, 11) is -4.83. The number of alkyl halides is 1. The van der Waals surface area contributed by atoms with Crippen molar-refractivity contribution in [2.24, 2.45) is 0 Å². The molecule has 6 heteroatoms. The molecule has 0 aliphatic carbocycles. The molecule has 0 saturated heterocycles. The average Bonchev–Trinajstić information content (AvgIpc) is 2.15. The standard InChI is InChI=1S/C8H6BrFO3S/c9-5-7(11)6-3-1-2-4-8(6)14(10,12)13/h1-4H,5H2. The third-order valence-electron chi connectivity index (χ3n) is 1.57. The van der Waals surface area contributed by atoms with E-state index >= 15 is 0 Å². The van der Waals surface area contributed by atoms with Crippen molar-refractivity contribution in [1.82, 2.24) is 0 Å². The highest BCUT2D eigenvalue weighted by Crippen LogP contribution is 2.18. The zero-order valence-electron chi connectivity index (χ0n) is 6.91. The fourth-order valence-corrected chi connectivity index (χ4v) is 1.97. The van der Waals surface area contributed by atoms with Crippen molar-refractivity contribution in [2.45, 2.75) is 4.90 Å². The van der Waals surface area contributed by atoms with Crippen molar-refractivity contribution in [3.05, 3.63) is 29.8 Å². The summed E-state index contributed by atoms with van der Waals surface area (Å²) in [4.78, 5) is 10.6. The normalized spacial score (nSPS) is 11.3. The van der Waals surface area contributed by atoms with Gasteiger partial charge in [-0.1, -0.05) is 28.1 Å². The number of benzene rings is 1. The molecule has 0 aliphatic rings. The van der Waals surface area contributed by atoms with Crippen LogP contribution in [0.1, 0.15) is 10.4 Å². The highest BCUT2D eigenvalue weighted by Gasteiger charge is 2.20. The number of hydrogen-bond acceptors (Lipinski definition) is 3. The Morgan fingerprint density at radius 1 is 1.36 bits per heavy atom. The minimum atomic E-state index is -4.83. The van der Waals surface area contributed by atoms with Crippen LogP contribution in [-0.2, 0) is 10.2 Å². The Morgan fingerprint density at radius 2 is 1.93 bits per heavy atom. The van der Waals surface area contributed by atoms with E-state index < -0.39 is 20.9 Å². The molecule has 3 nitrogen and oxygen atoms in total. The summed E-state index contributed by atoms with van der Waals surface area (Å²) < 4.78 is 34.0. The number of halogens is 2. The van der Waals surface area contributed by atoms with Crippen LogP contribution < -0.4 is 0 Å². The van der Waals surface area contributed by atoms with Gasteiger partial charge in [0.2, 0.25) is 0 Å². The van der Waals surface area contributed by atoms with Crippen molar-refractivity contribution in [2.75, 3.05) is 5.33 Å². The van der Waals surface area contributed by atoms with E-state index in [0.29, 0.717) is 0 Å². The summed E-state index contributed by atoms with van der Waals surface area (Å²) in [6, 6.07) is 5.17. The molecule has 0 bridgehead atoms. The first-order valence-electron chi connectivity index (χ1n) is 3.59. The molecule has 0 atom stereocenters. The van der Waals surface area contributed by atoms with E-state index in [-0.39, 0.29) is 10.9 Å². The number of carbonyl (C=O) groups is 1. The predicted molar refractivity (Wildman–Crippen MR) is 52.9 cm³/mol. The second kappa shape index (κ2) is 4.18. The SMILES string of the molecule is O=C(CBr)c1ccccc1S(=O)(=O)F. The van der Waals surface area contributed by atoms with Crippen LogP contribution in [0.3, 0.4) is 0 Å². The van der Waals surface area contributed by atoms with Crippen LogP contribution >= 0.6 is 15.9 Å². The molecule has 1 aromatic carbocycles. The fraction of sp³-hybridized carbons (Fsp3) is 0.125. The van der Waals surface area contributed by atoms with Crippen LogP contribution in [0.25, 0.3) is 0 Å². The van der Waals surface area contributed by atoms with Crippen molar-refractivity contribution >= 4 is 31.9 Å². The molecule has 0 aliphatic heterocycles. The Morgan fingerprint density at radius 3 is 2.43 bits per heavy atom. The van der Waals surface area contributed by atoms with Gasteiger partial charge in [0.05, 0.1) is 5.33 Å². The largest absolute Gasteiger partial charge is 0.332 e. The molecule has 0 heterocycles. The summed E-state index contributed by atoms with van der Waals surface area (Å²) in [5.74, 6) is -0.471. The summed E-state index contributed by atoms with van der Waals surface area (Å²) in [5.41, 5.74) is -0.133. The van der Waals surface area contributed by atoms with Crippen molar-refractivity contribution < 1.29 is 17.1 Å². The van der Waals surface area contributed by atoms with Gasteiger partial charge in [0.25, 0.3) is 0 Å². The molecule has 0 N–H and O–H groups in total. The molecular formula is C8H6BrFO3S. The number of ketones is 1. The maximum atomic E-state index is 12.7. The molecule has 0 aromatic heterocycles. The Balaban J connectivity index is 3.38. The first-order chi connectivity index (χ1) is 6.46. The van der Waals surface area contributed by atoms with Crippen LogP contribution in [0.2, 0.25) is 0 Å². The molecule has 1 aromatic rings. The van der Waals surface area contributed by atoms with E-state index in [1.807, 2.05) is 0 Å². The maximum absolute atomic E-state index is 12.7. The monoisotopic (exact) mass is 280 g/mol. The minimum Gasteiger partial charge on any atom is -0.293 e. The number of carbonyl (C=O) groups excluding carboxylic acids is 1. The van der Waals surface area contributed by atoms with Crippen molar-refractivity contribution in [1.29, 1.82) is 0 Å². The van der Waals surface area contributed by atoms with Gasteiger partial charge in [0.15, 0.2) is 5.78 Å². The quantitative estimate of drug-likeness (QED) is 0.483. The lowest BCUT2D eigenvalue weighted by molar-refractivity contribution is 0.102. The Labute approximate surface area is 89.3 Å². The smallest absolute Gasteiger partial charge is 0.293 e. The second-order valence-electron chi connectivity index (χ2n) is 2.49. The van der Waals surface area contributed by atoms with Gasteiger partial charge in [0, 0.05) is 5.56 Å². The highest BCUT2D eigenvalue weighted by atomic mass is 79.9. The minimum absolute atomic E-state index is 0.0421. The first-order valence-corrected chi connectivity index (χ1v) is 6.10. The van der Waals surface area contributed by atoms with Gasteiger partial charge in [-0.25, -0.2) is 0 Å².